The Labute approximate surface area is 680 Å². The highest BCUT2D eigenvalue weighted by Gasteiger charge is 2.54. The lowest BCUT2D eigenvalue weighted by Gasteiger charge is -2.32. The van der Waals surface area contributed by atoms with E-state index >= 15 is 0 Å². The van der Waals surface area contributed by atoms with Gasteiger partial charge in [-0.2, -0.15) is 0 Å². The zero-order valence-electron chi connectivity index (χ0n) is 64.1. The molecule has 0 saturated heterocycles. The van der Waals surface area contributed by atoms with Crippen LogP contribution in [0.3, 0.4) is 0 Å². The molecule has 0 N–H and O–H groups in total. The SMILES string of the molecule is c1ccc2c(c1)-c1ccccc1C21c2cc(-c3ccc4ccc5cccc6ccc3c4c56)ccc2-c2ccc(-c3ccc4ccc5cccc6ccc3c4c56)cc21.c1ccc2c(c1)-c1ccccc1C21c2cc(-c3ccc4ccc5cccc6ccc3c4c56)ccc2-c2ccc3cc(-c4ccc5ccc6cccc7ccc4c5c67)ccc3c21. The van der Waals surface area contributed by atoms with Gasteiger partial charge in [-0.15, -0.1) is 0 Å². The van der Waals surface area contributed by atoms with Gasteiger partial charge in [-0.25, -0.2) is 0 Å². The number of benzene rings is 25. The fourth-order valence-corrected chi connectivity index (χ4v) is 23.7. The van der Waals surface area contributed by atoms with E-state index < -0.39 is 10.8 Å². The Morgan fingerprint density at radius 2 is 0.339 bits per heavy atom. The summed E-state index contributed by atoms with van der Waals surface area (Å²) in [4.78, 5) is 0. The fourth-order valence-electron chi connectivity index (χ4n) is 23.7. The zero-order chi connectivity index (χ0) is 76.5. The molecule has 29 rings (SSSR count). The van der Waals surface area contributed by atoms with E-state index in [2.05, 4.69) is 400 Å². The van der Waals surface area contributed by atoms with Crippen LogP contribution in [0.15, 0.2) is 400 Å². The molecule has 118 heavy (non-hydrogen) atoms. The van der Waals surface area contributed by atoms with Crippen LogP contribution >= 0.6 is 0 Å². The van der Waals surface area contributed by atoms with Crippen LogP contribution in [0.25, 0.3) is 229 Å². The summed E-state index contributed by atoms with van der Waals surface area (Å²) in [6.45, 7) is 0. The summed E-state index contributed by atoms with van der Waals surface area (Å²) < 4.78 is 0. The minimum Gasteiger partial charge on any atom is -0.0619 e. The van der Waals surface area contributed by atoms with Gasteiger partial charge in [0.05, 0.1) is 10.8 Å². The predicted molar refractivity (Wildman–Crippen MR) is 500 cm³/mol. The van der Waals surface area contributed by atoms with E-state index in [-0.39, 0.29) is 0 Å². The van der Waals surface area contributed by atoms with Gasteiger partial charge in [0.15, 0.2) is 0 Å². The molecule has 25 aromatic rings. The van der Waals surface area contributed by atoms with Gasteiger partial charge < -0.3 is 0 Å². The fraction of sp³-hybridized carbons (Fsp3) is 0.0169. The van der Waals surface area contributed by atoms with Crippen molar-refractivity contribution in [2.45, 2.75) is 10.8 Å². The molecule has 4 aliphatic carbocycles. The van der Waals surface area contributed by atoms with Crippen molar-refractivity contribution >= 4 is 140 Å². The molecule has 538 valence electrons. The predicted octanol–water partition coefficient (Wildman–Crippen LogP) is 31.5. The third-order valence-electron chi connectivity index (χ3n) is 28.5. The second-order valence-corrected chi connectivity index (χ2v) is 33.8. The van der Waals surface area contributed by atoms with Gasteiger partial charge in [-0.3, -0.25) is 0 Å². The largest absolute Gasteiger partial charge is 0.0731 e. The summed E-state index contributed by atoms with van der Waals surface area (Å²) in [5, 5.41) is 34.2. The normalized spacial score (nSPS) is 13.7. The van der Waals surface area contributed by atoms with Crippen molar-refractivity contribution in [3.05, 3.63) is 445 Å². The average molecular weight is 1480 g/mol. The Morgan fingerprint density at radius 1 is 0.119 bits per heavy atom. The Kier molecular flexibility index (Phi) is 12.3. The standard InChI is InChI=1S/C61H34.C57H32/c1-3-13-53-47(11-1)48-12-2-4-14-54(48)61(53)55-34-43(45-27-20-40-18-16-36-8-6-10-38-22-31-51(45)59(40)57(36)38)24-29-49(55)52-32-25-42-33-41(23-28-46(42)60(52)61)44-26-19-39-17-15-35-7-5-9-37-21-30-50(44)58(39)56(35)37;1-3-13-49-43(11-1)44-12-2-4-14-50(44)57(49)51-31-39(41-25-19-37-17-15-33-7-5-9-35-21-29-47(41)55(37)53(33)35)23-27-45(51)46-28-24-40(32-52(46)57)42-26-20-38-18-16-34-8-6-10-36-22-30-48(42)56(38)54(34)36/h1-34H;1-32H. The molecule has 0 atom stereocenters. The molecule has 0 aromatic heterocycles. The van der Waals surface area contributed by atoms with Crippen LogP contribution in [0.4, 0.5) is 0 Å². The van der Waals surface area contributed by atoms with Crippen LogP contribution in [0.5, 0.6) is 0 Å². The molecular formula is C118H66. The smallest absolute Gasteiger partial charge is 0.0619 e. The zero-order valence-corrected chi connectivity index (χ0v) is 64.1. The van der Waals surface area contributed by atoms with E-state index in [1.165, 1.54) is 274 Å². The topological polar surface area (TPSA) is 0 Å². The van der Waals surface area contributed by atoms with Gasteiger partial charge in [-0.1, -0.05) is 376 Å². The van der Waals surface area contributed by atoms with Crippen LogP contribution in [-0.4, -0.2) is 0 Å². The molecular weight excluding hydrogens is 1420 g/mol. The van der Waals surface area contributed by atoms with Crippen molar-refractivity contribution in [2.24, 2.45) is 0 Å². The third kappa shape index (κ3) is 8.04. The van der Waals surface area contributed by atoms with Gasteiger partial charge in [-0.05, 0) is 298 Å². The van der Waals surface area contributed by atoms with Crippen molar-refractivity contribution < 1.29 is 0 Å². The first-order chi connectivity index (χ1) is 58.5. The van der Waals surface area contributed by atoms with Gasteiger partial charge in [0.1, 0.15) is 0 Å². The molecule has 0 bridgehead atoms. The van der Waals surface area contributed by atoms with Crippen LogP contribution in [-0.2, 0) is 10.8 Å². The summed E-state index contributed by atoms with van der Waals surface area (Å²) in [5.41, 5.74) is 30.8. The quantitative estimate of drug-likeness (QED) is 0.154. The molecule has 0 unspecified atom stereocenters. The number of hydrogen-bond donors (Lipinski definition) is 0. The maximum absolute atomic E-state index is 2.55. The maximum atomic E-state index is 2.55. The molecule has 0 nitrogen and oxygen atoms in total. The summed E-state index contributed by atoms with van der Waals surface area (Å²) >= 11 is 0. The van der Waals surface area contributed by atoms with Gasteiger partial charge >= 0.3 is 0 Å². The maximum Gasteiger partial charge on any atom is 0.0731 e. The summed E-state index contributed by atoms with van der Waals surface area (Å²) in [7, 11) is 0. The number of fused-ring (bicyclic) bond motifs is 22. The lowest BCUT2D eigenvalue weighted by Crippen LogP contribution is -2.26. The van der Waals surface area contributed by atoms with E-state index in [1.807, 2.05) is 0 Å². The van der Waals surface area contributed by atoms with Gasteiger partial charge in [0.25, 0.3) is 0 Å². The second kappa shape index (κ2) is 22.9. The van der Waals surface area contributed by atoms with E-state index in [9.17, 15) is 0 Å². The first-order valence-electron chi connectivity index (χ1n) is 41.6. The molecule has 4 aliphatic rings. The van der Waals surface area contributed by atoms with Crippen LogP contribution < -0.4 is 0 Å². The first kappa shape index (κ1) is 63.3. The van der Waals surface area contributed by atoms with Crippen LogP contribution in [0, 0.1) is 0 Å². The molecule has 25 aromatic carbocycles. The Hall–Kier alpha value is -15.1. The highest BCUT2D eigenvalue weighted by atomic mass is 14.6. The molecule has 0 fully saturated rings. The molecule has 0 radical (unpaired) electrons. The number of rotatable bonds is 4. The van der Waals surface area contributed by atoms with Crippen LogP contribution in [0.2, 0.25) is 0 Å². The summed E-state index contributed by atoms with van der Waals surface area (Å²) in [6, 6.07) is 153. The summed E-state index contributed by atoms with van der Waals surface area (Å²) in [5.74, 6) is 0. The van der Waals surface area contributed by atoms with Crippen molar-refractivity contribution in [1.82, 2.24) is 0 Å². The highest BCUT2D eigenvalue weighted by Crippen LogP contribution is 2.67. The van der Waals surface area contributed by atoms with Gasteiger partial charge in [0.2, 0.25) is 0 Å². The Morgan fingerprint density at radius 3 is 0.678 bits per heavy atom. The lowest BCUT2D eigenvalue weighted by atomic mass is 9.69. The second-order valence-electron chi connectivity index (χ2n) is 33.8. The van der Waals surface area contributed by atoms with Crippen molar-refractivity contribution in [1.29, 1.82) is 0 Å². The molecule has 0 heterocycles. The van der Waals surface area contributed by atoms with Crippen molar-refractivity contribution in [3.63, 3.8) is 0 Å². The third-order valence-corrected chi connectivity index (χ3v) is 28.5. The first-order valence-corrected chi connectivity index (χ1v) is 41.6. The molecule has 0 saturated carbocycles. The van der Waals surface area contributed by atoms with Crippen molar-refractivity contribution in [3.8, 4) is 89.0 Å². The van der Waals surface area contributed by atoms with E-state index in [4.69, 9.17) is 0 Å². The molecule has 0 heteroatoms. The highest BCUT2D eigenvalue weighted by molar-refractivity contribution is 6.30. The van der Waals surface area contributed by atoms with E-state index in [1.54, 1.807) is 0 Å². The lowest BCUT2D eigenvalue weighted by molar-refractivity contribution is 0.794. The minimum atomic E-state index is -0.480. The van der Waals surface area contributed by atoms with Crippen molar-refractivity contribution in [2.75, 3.05) is 0 Å². The van der Waals surface area contributed by atoms with E-state index in [0.29, 0.717) is 0 Å². The Bertz CT molecular complexity index is 8410. The molecule has 2 spiro atoms. The average Bonchev–Trinajstić information content (AvgIpc) is 1.49. The van der Waals surface area contributed by atoms with E-state index in [0.717, 1.165) is 0 Å². The summed E-state index contributed by atoms with van der Waals surface area (Å²) in [6.07, 6.45) is 0. The Balaban J connectivity index is 0.000000123. The van der Waals surface area contributed by atoms with Crippen LogP contribution in [0.1, 0.15) is 44.5 Å². The van der Waals surface area contributed by atoms with Gasteiger partial charge in [0, 0.05) is 0 Å². The minimum absolute atomic E-state index is 0.461. The molecule has 0 amide bonds. The number of hydrogen-bond acceptors (Lipinski definition) is 0. The monoisotopic (exact) mass is 1480 g/mol. The molecule has 0 aliphatic heterocycles.